The van der Waals surface area contributed by atoms with Gasteiger partial charge in [-0.1, -0.05) is 42.4 Å². The van der Waals surface area contributed by atoms with Crippen LogP contribution < -0.4 is 5.32 Å². The van der Waals surface area contributed by atoms with Crippen molar-refractivity contribution in [3.8, 4) is 10.4 Å². The summed E-state index contributed by atoms with van der Waals surface area (Å²) in [6, 6.07) is 11.5. The molecule has 0 aliphatic carbocycles. The summed E-state index contributed by atoms with van der Waals surface area (Å²) in [5.74, 6) is 0.381. The van der Waals surface area contributed by atoms with Gasteiger partial charge in [-0.25, -0.2) is 4.79 Å². The predicted molar refractivity (Wildman–Crippen MR) is 114 cm³/mol. The Kier molecular flexibility index (Phi) is 7.31. The van der Waals surface area contributed by atoms with Crippen molar-refractivity contribution in [3.63, 3.8) is 0 Å². The van der Waals surface area contributed by atoms with Gasteiger partial charge in [0, 0.05) is 11.3 Å². The molecule has 158 valence electrons. The molecule has 0 aliphatic heterocycles. The smallest absolute Gasteiger partial charge is 0.350 e. The summed E-state index contributed by atoms with van der Waals surface area (Å²) in [5.41, 5.74) is 1.41. The molecule has 0 unspecified atom stereocenters. The first-order chi connectivity index (χ1) is 14.5. The molecule has 0 saturated carbocycles. The number of carbonyl (C=O) groups is 2. The summed E-state index contributed by atoms with van der Waals surface area (Å²) in [7, 11) is 1.78. The Hall–Kier alpha value is -3.04. The van der Waals surface area contributed by atoms with Crippen molar-refractivity contribution in [2.24, 2.45) is 0 Å². The number of hydrogen-bond donors (Lipinski definition) is 1. The van der Waals surface area contributed by atoms with E-state index in [0.717, 1.165) is 10.4 Å². The van der Waals surface area contributed by atoms with Crippen molar-refractivity contribution in [2.75, 3.05) is 25.5 Å². The zero-order valence-electron chi connectivity index (χ0n) is 17.2. The fourth-order valence-corrected chi connectivity index (χ4v) is 3.81. The fourth-order valence-electron chi connectivity index (χ4n) is 2.80. The molecule has 1 amide bonds. The van der Waals surface area contributed by atoms with Crippen LogP contribution >= 0.6 is 11.3 Å². The number of esters is 1. The van der Waals surface area contributed by atoms with Crippen molar-refractivity contribution in [1.82, 2.24) is 15.0 Å². The van der Waals surface area contributed by atoms with E-state index in [-0.39, 0.29) is 19.1 Å². The van der Waals surface area contributed by atoms with Gasteiger partial charge in [0.15, 0.2) is 5.82 Å². The van der Waals surface area contributed by atoms with Crippen molar-refractivity contribution in [2.45, 2.75) is 26.8 Å². The molecule has 2 aromatic heterocycles. The molecule has 0 atom stereocenters. The van der Waals surface area contributed by atoms with Crippen molar-refractivity contribution < 1.29 is 18.8 Å². The van der Waals surface area contributed by atoms with Crippen LogP contribution in [0.2, 0.25) is 0 Å². The number of benzene rings is 1. The van der Waals surface area contributed by atoms with Crippen molar-refractivity contribution >= 4 is 28.9 Å². The van der Waals surface area contributed by atoms with Crippen LogP contribution in [-0.4, -0.2) is 47.1 Å². The van der Waals surface area contributed by atoms with Crippen LogP contribution in [0, 0.1) is 0 Å². The van der Waals surface area contributed by atoms with Gasteiger partial charge in [-0.2, -0.15) is 4.98 Å². The van der Waals surface area contributed by atoms with Crippen molar-refractivity contribution in [1.29, 1.82) is 0 Å². The Bertz CT molecular complexity index is 1000. The zero-order valence-corrected chi connectivity index (χ0v) is 18.0. The summed E-state index contributed by atoms with van der Waals surface area (Å²) in [4.78, 5) is 32.2. The van der Waals surface area contributed by atoms with Crippen molar-refractivity contribution in [3.05, 3.63) is 53.0 Å². The van der Waals surface area contributed by atoms with Crippen LogP contribution in [0.25, 0.3) is 10.4 Å². The number of nitrogens with zero attached hydrogens (tertiary/aromatic N) is 3. The first-order valence-corrected chi connectivity index (χ1v) is 10.5. The minimum absolute atomic E-state index is 0.0998. The summed E-state index contributed by atoms with van der Waals surface area (Å²) in [6.07, 6.45) is 0.687. The molecule has 9 heteroatoms. The zero-order chi connectivity index (χ0) is 21.5. The number of amides is 1. The van der Waals surface area contributed by atoms with E-state index in [2.05, 4.69) is 15.5 Å². The number of rotatable bonds is 9. The van der Waals surface area contributed by atoms with E-state index in [0.29, 0.717) is 35.2 Å². The number of aryl methyl sites for hydroxylation is 1. The van der Waals surface area contributed by atoms with E-state index in [4.69, 9.17) is 9.26 Å². The van der Waals surface area contributed by atoms with Gasteiger partial charge in [0.05, 0.1) is 25.4 Å². The lowest BCUT2D eigenvalue weighted by atomic mass is 10.2. The molecule has 8 nitrogen and oxygen atoms in total. The number of carbonyl (C=O) groups excluding carboxylic acids is 2. The Balaban J connectivity index is 1.71. The molecule has 2 heterocycles. The van der Waals surface area contributed by atoms with Gasteiger partial charge >= 0.3 is 5.97 Å². The molecule has 30 heavy (non-hydrogen) atoms. The second kappa shape index (κ2) is 10.1. The number of anilines is 1. The molecular weight excluding hydrogens is 404 g/mol. The first kappa shape index (κ1) is 21.7. The monoisotopic (exact) mass is 428 g/mol. The van der Waals surface area contributed by atoms with E-state index >= 15 is 0 Å². The largest absolute Gasteiger partial charge is 0.462 e. The molecule has 0 radical (unpaired) electrons. The number of aromatic nitrogens is 2. The van der Waals surface area contributed by atoms with Crippen LogP contribution in [0.5, 0.6) is 0 Å². The van der Waals surface area contributed by atoms with Crippen LogP contribution in [0.3, 0.4) is 0 Å². The van der Waals surface area contributed by atoms with Gasteiger partial charge in [-0.3, -0.25) is 9.69 Å². The molecule has 0 aliphatic rings. The minimum Gasteiger partial charge on any atom is -0.462 e. The maximum atomic E-state index is 12.6. The second-order valence-electron chi connectivity index (χ2n) is 6.62. The predicted octanol–water partition coefficient (Wildman–Crippen LogP) is 3.61. The molecule has 0 bridgehead atoms. The van der Waals surface area contributed by atoms with Gasteiger partial charge in [-0.05, 0) is 25.6 Å². The fraction of sp³-hybridized carbons (Fsp3) is 0.333. The number of nitrogens with one attached hydrogen (secondary N) is 1. The van der Waals surface area contributed by atoms with Gasteiger partial charge in [-0.15, -0.1) is 11.3 Å². The average Bonchev–Trinajstić information content (AvgIpc) is 3.35. The van der Waals surface area contributed by atoms with Crippen LogP contribution in [0.1, 0.15) is 35.2 Å². The molecule has 0 fully saturated rings. The molecule has 3 rings (SSSR count). The second-order valence-corrected chi connectivity index (χ2v) is 7.67. The van der Waals surface area contributed by atoms with E-state index in [9.17, 15) is 9.59 Å². The third-order valence-electron chi connectivity index (χ3n) is 4.17. The molecule has 0 saturated heterocycles. The van der Waals surface area contributed by atoms with Crippen LogP contribution in [0.15, 0.2) is 40.9 Å². The maximum absolute atomic E-state index is 12.6. The van der Waals surface area contributed by atoms with E-state index < -0.39 is 5.97 Å². The number of likely N-dealkylation sites (N-methyl/N-ethyl adjacent to an activating group) is 1. The number of hydrogen-bond acceptors (Lipinski definition) is 8. The normalized spacial score (nSPS) is 10.9. The quantitative estimate of drug-likeness (QED) is 0.520. The van der Waals surface area contributed by atoms with Gasteiger partial charge < -0.3 is 14.6 Å². The van der Waals surface area contributed by atoms with Crippen LogP contribution in [-0.2, 0) is 22.5 Å². The Labute approximate surface area is 178 Å². The third kappa shape index (κ3) is 5.52. The third-order valence-corrected chi connectivity index (χ3v) is 5.33. The number of thiophene rings is 1. The Morgan fingerprint density at radius 1 is 1.23 bits per heavy atom. The van der Waals surface area contributed by atoms with Gasteiger partial charge in [0.1, 0.15) is 4.88 Å². The molecule has 0 spiro atoms. The highest BCUT2D eigenvalue weighted by Crippen LogP contribution is 2.35. The average molecular weight is 429 g/mol. The molecule has 1 N–H and O–H groups in total. The number of ether oxygens (including phenoxy) is 1. The Morgan fingerprint density at radius 2 is 2.00 bits per heavy atom. The summed E-state index contributed by atoms with van der Waals surface area (Å²) >= 11 is 1.29. The topological polar surface area (TPSA) is 97.6 Å². The van der Waals surface area contributed by atoms with Gasteiger partial charge in [0.2, 0.25) is 11.8 Å². The van der Waals surface area contributed by atoms with E-state index in [1.165, 1.54) is 11.3 Å². The lowest BCUT2D eigenvalue weighted by molar-refractivity contribution is -0.117. The highest BCUT2D eigenvalue weighted by Gasteiger charge is 2.21. The SMILES string of the molecule is CCOC(=O)c1sc(-c2ccccc2)cc1NC(=O)CN(C)Cc1nc(CC)no1. The molecule has 1 aromatic carbocycles. The standard InChI is InChI=1S/C21H24N4O4S/c1-4-17-23-19(29-24-17)13-25(3)12-18(26)22-15-11-16(14-9-7-6-8-10-14)30-20(15)21(27)28-5-2/h6-11H,4-5,12-13H2,1-3H3,(H,22,26). The summed E-state index contributed by atoms with van der Waals surface area (Å²) in [6.45, 7) is 4.40. The van der Waals surface area contributed by atoms with Crippen LogP contribution in [0.4, 0.5) is 5.69 Å². The Morgan fingerprint density at radius 3 is 2.67 bits per heavy atom. The minimum atomic E-state index is -0.453. The van der Waals surface area contributed by atoms with E-state index in [1.54, 1.807) is 24.9 Å². The molecule has 3 aromatic rings. The summed E-state index contributed by atoms with van der Waals surface area (Å²) in [5, 5.41) is 6.69. The van der Waals surface area contributed by atoms with Gasteiger partial charge in [0.25, 0.3) is 0 Å². The highest BCUT2D eigenvalue weighted by atomic mass is 32.1. The summed E-state index contributed by atoms with van der Waals surface area (Å²) < 4.78 is 10.3. The highest BCUT2D eigenvalue weighted by molar-refractivity contribution is 7.18. The molecular formula is C21H24N4O4S. The maximum Gasteiger partial charge on any atom is 0.350 e. The van der Waals surface area contributed by atoms with E-state index in [1.807, 2.05) is 37.3 Å². The lowest BCUT2D eigenvalue weighted by Crippen LogP contribution is -2.30. The lowest BCUT2D eigenvalue weighted by Gasteiger charge is -2.14. The first-order valence-electron chi connectivity index (χ1n) is 9.66.